The lowest BCUT2D eigenvalue weighted by Crippen LogP contribution is -2.33. The fourth-order valence-corrected chi connectivity index (χ4v) is 6.06. The number of esters is 2. The number of hydrogen-bond acceptors (Lipinski definition) is 7. The van der Waals surface area contributed by atoms with E-state index in [1.807, 2.05) is 30.3 Å². The summed E-state index contributed by atoms with van der Waals surface area (Å²) >= 11 is 0. The van der Waals surface area contributed by atoms with Gasteiger partial charge in [0, 0.05) is 71.4 Å². The van der Waals surface area contributed by atoms with Gasteiger partial charge in [-0.15, -0.1) is 0 Å². The number of pyridine rings is 1. The first-order valence-electron chi connectivity index (χ1n) is 14.4. The van der Waals surface area contributed by atoms with Crippen molar-refractivity contribution in [1.29, 1.82) is 0 Å². The average Bonchev–Trinajstić information content (AvgIpc) is 3.47. The summed E-state index contributed by atoms with van der Waals surface area (Å²) < 4.78 is 20.6. The number of aryl methyl sites for hydroxylation is 1. The van der Waals surface area contributed by atoms with Crippen LogP contribution in [0.25, 0.3) is 10.9 Å². The number of carbonyl (C=O) groups excluding carboxylic acids is 2. The molecule has 3 heterocycles. The number of carbonyl (C=O) groups is 2. The largest absolute Gasteiger partial charge is 0.489 e. The number of cyclic esters (lactones) is 1. The smallest absolute Gasteiger partial charge is 0.341 e. The van der Waals surface area contributed by atoms with Crippen LogP contribution in [0.2, 0.25) is 0 Å². The molecule has 42 heavy (non-hydrogen) atoms. The van der Waals surface area contributed by atoms with Gasteiger partial charge in [0.2, 0.25) is 5.60 Å². The first-order chi connectivity index (χ1) is 20.3. The lowest BCUT2D eigenvalue weighted by atomic mass is 9.80. The normalized spacial score (nSPS) is 16.5. The third-order valence-corrected chi connectivity index (χ3v) is 7.94. The number of benzene rings is 2. The Bertz CT molecular complexity index is 1650. The van der Waals surface area contributed by atoms with Crippen molar-refractivity contribution in [1.82, 2.24) is 9.55 Å². The van der Waals surface area contributed by atoms with Crippen molar-refractivity contribution in [3.63, 3.8) is 0 Å². The van der Waals surface area contributed by atoms with E-state index in [1.165, 1.54) is 0 Å². The second kappa shape index (κ2) is 11.7. The van der Waals surface area contributed by atoms with Crippen LogP contribution in [-0.4, -0.2) is 47.3 Å². The van der Waals surface area contributed by atoms with E-state index in [0.717, 1.165) is 53.6 Å². The molecule has 2 unspecified atom stereocenters. The third-order valence-electron chi connectivity index (χ3n) is 7.94. The molecule has 0 saturated heterocycles. The summed E-state index contributed by atoms with van der Waals surface area (Å²) in [7, 11) is 0. The molecule has 1 aliphatic heterocycles. The monoisotopic (exact) mass is 567 g/mol. The summed E-state index contributed by atoms with van der Waals surface area (Å²) in [5.41, 5.74) is 4.02. The Morgan fingerprint density at radius 2 is 1.90 bits per heavy atom. The Morgan fingerprint density at radius 3 is 2.62 bits per heavy atom. The van der Waals surface area contributed by atoms with E-state index in [0.29, 0.717) is 22.6 Å². The predicted octanol–water partition coefficient (Wildman–Crippen LogP) is 6.17. The fourth-order valence-electron chi connectivity index (χ4n) is 6.06. The molecule has 0 fully saturated rings. The van der Waals surface area contributed by atoms with Crippen molar-refractivity contribution < 1.29 is 23.8 Å². The van der Waals surface area contributed by atoms with Gasteiger partial charge in [0.05, 0.1) is 5.56 Å². The van der Waals surface area contributed by atoms with Crippen molar-refractivity contribution in [3.05, 3.63) is 102 Å². The molecule has 0 spiro atoms. The van der Waals surface area contributed by atoms with Gasteiger partial charge < -0.3 is 23.7 Å². The Kier molecular flexibility index (Phi) is 8.07. The average molecular weight is 568 g/mol. The van der Waals surface area contributed by atoms with Crippen molar-refractivity contribution in [3.8, 4) is 5.75 Å². The van der Waals surface area contributed by atoms with Crippen LogP contribution in [0.3, 0.4) is 0 Å². The van der Waals surface area contributed by atoms with Crippen LogP contribution < -0.4 is 9.64 Å². The summed E-state index contributed by atoms with van der Waals surface area (Å²) in [5.74, 6) is -0.455. The molecule has 0 aliphatic carbocycles. The van der Waals surface area contributed by atoms with Crippen molar-refractivity contribution in [2.75, 3.05) is 24.6 Å². The SMILES string of the molecule is C=CC(=O)OC(C)COc1cc(N(CC)CC)ccc1C1(c2c(C)n(CC)c3ccccc23)OC(=O)c2cccnc21. The highest BCUT2D eigenvalue weighted by Crippen LogP contribution is 2.52. The van der Waals surface area contributed by atoms with Crippen LogP contribution in [0.5, 0.6) is 5.75 Å². The van der Waals surface area contributed by atoms with E-state index in [4.69, 9.17) is 19.2 Å². The molecule has 2 aromatic heterocycles. The van der Waals surface area contributed by atoms with Gasteiger partial charge in [-0.1, -0.05) is 24.8 Å². The van der Waals surface area contributed by atoms with E-state index >= 15 is 0 Å². The van der Waals surface area contributed by atoms with E-state index in [9.17, 15) is 9.59 Å². The molecule has 2 aromatic carbocycles. The molecule has 0 amide bonds. The van der Waals surface area contributed by atoms with E-state index in [-0.39, 0.29) is 6.61 Å². The topological polar surface area (TPSA) is 82.9 Å². The molecular formula is C34H37N3O5. The standard InChI is InChI=1S/C34H37N3O5/c1-7-30(38)41-22(5)21-40-29-20-24(36(8-2)9-3)17-18-27(29)34(32-26(33(39)42-34)15-13-19-35-32)31-23(6)37(10-4)28-16-12-11-14-25(28)31/h7,11-20,22H,1,8-10,21H2,2-6H3. The van der Waals surface area contributed by atoms with Gasteiger partial charge in [0.25, 0.3) is 0 Å². The van der Waals surface area contributed by atoms with Crippen molar-refractivity contribution >= 4 is 28.5 Å². The maximum Gasteiger partial charge on any atom is 0.341 e. The molecular weight excluding hydrogens is 530 g/mol. The van der Waals surface area contributed by atoms with Crippen LogP contribution in [-0.2, 0) is 26.4 Å². The lowest BCUT2D eigenvalue weighted by molar-refractivity contribution is -0.143. The van der Waals surface area contributed by atoms with Crippen LogP contribution in [0.1, 0.15) is 60.6 Å². The zero-order valence-electron chi connectivity index (χ0n) is 24.8. The third kappa shape index (κ3) is 4.70. The minimum absolute atomic E-state index is 0.0864. The fraction of sp³-hybridized carbons (Fsp3) is 0.324. The molecule has 4 aromatic rings. The van der Waals surface area contributed by atoms with E-state index in [1.54, 1.807) is 25.3 Å². The first-order valence-corrected chi connectivity index (χ1v) is 14.4. The van der Waals surface area contributed by atoms with Crippen LogP contribution in [0.15, 0.2) is 73.4 Å². The molecule has 0 N–H and O–H groups in total. The van der Waals surface area contributed by atoms with E-state index < -0.39 is 23.6 Å². The Labute approximate surface area is 246 Å². The molecule has 218 valence electrons. The zero-order valence-corrected chi connectivity index (χ0v) is 24.8. The van der Waals surface area contributed by atoms with Crippen LogP contribution in [0, 0.1) is 6.92 Å². The minimum Gasteiger partial charge on any atom is -0.489 e. The second-order valence-electron chi connectivity index (χ2n) is 10.3. The van der Waals surface area contributed by atoms with Gasteiger partial charge in [-0.3, -0.25) is 4.98 Å². The highest BCUT2D eigenvalue weighted by atomic mass is 16.6. The minimum atomic E-state index is -1.38. The molecule has 2 atom stereocenters. The summed E-state index contributed by atoms with van der Waals surface area (Å²) in [6.45, 7) is 16.0. The van der Waals surface area contributed by atoms with Gasteiger partial charge >= 0.3 is 11.9 Å². The van der Waals surface area contributed by atoms with Gasteiger partial charge in [0.1, 0.15) is 24.2 Å². The van der Waals surface area contributed by atoms with Gasteiger partial charge in [0.15, 0.2) is 0 Å². The summed E-state index contributed by atoms with van der Waals surface area (Å²) in [6.07, 6.45) is 2.27. The molecule has 0 bridgehead atoms. The first kappa shape index (κ1) is 28.9. The number of fused-ring (bicyclic) bond motifs is 2. The lowest BCUT2D eigenvalue weighted by Gasteiger charge is -2.32. The molecule has 0 radical (unpaired) electrons. The number of hydrogen-bond donors (Lipinski definition) is 0. The zero-order chi connectivity index (χ0) is 30.0. The second-order valence-corrected chi connectivity index (χ2v) is 10.3. The van der Waals surface area contributed by atoms with Crippen LogP contribution in [0.4, 0.5) is 5.69 Å². The number of anilines is 1. The van der Waals surface area contributed by atoms with Gasteiger partial charge in [-0.25, -0.2) is 9.59 Å². The molecule has 5 rings (SSSR count). The van der Waals surface area contributed by atoms with Crippen molar-refractivity contribution in [2.45, 2.75) is 52.9 Å². The summed E-state index contributed by atoms with van der Waals surface area (Å²) in [6, 6.07) is 17.6. The number of para-hydroxylation sites is 1. The summed E-state index contributed by atoms with van der Waals surface area (Å²) in [5, 5.41) is 0.968. The number of aromatic nitrogens is 2. The van der Waals surface area contributed by atoms with Gasteiger partial charge in [-0.2, -0.15) is 0 Å². The summed E-state index contributed by atoms with van der Waals surface area (Å²) in [4.78, 5) is 32.4. The maximum atomic E-state index is 13.6. The predicted molar refractivity (Wildman–Crippen MR) is 163 cm³/mol. The Balaban J connectivity index is 1.80. The number of ether oxygens (including phenoxy) is 3. The highest BCUT2D eigenvalue weighted by molar-refractivity contribution is 5.98. The Hall–Kier alpha value is -4.59. The molecule has 0 saturated carbocycles. The molecule has 1 aliphatic rings. The molecule has 8 heteroatoms. The van der Waals surface area contributed by atoms with Crippen molar-refractivity contribution in [2.24, 2.45) is 0 Å². The maximum absolute atomic E-state index is 13.6. The molecule has 8 nitrogen and oxygen atoms in total. The van der Waals surface area contributed by atoms with E-state index in [2.05, 4.69) is 55.9 Å². The quantitative estimate of drug-likeness (QED) is 0.158. The number of rotatable bonds is 11. The van der Waals surface area contributed by atoms with Crippen LogP contribution >= 0.6 is 0 Å². The van der Waals surface area contributed by atoms with Gasteiger partial charge in [-0.05, 0) is 65.0 Å². The Morgan fingerprint density at radius 1 is 1.14 bits per heavy atom. The number of nitrogens with zero attached hydrogens (tertiary/aromatic N) is 3. The highest BCUT2D eigenvalue weighted by Gasteiger charge is 2.54.